The van der Waals surface area contributed by atoms with Gasteiger partial charge in [-0.15, -0.1) is 0 Å². The predicted octanol–water partition coefficient (Wildman–Crippen LogP) is 3.09. The fourth-order valence-corrected chi connectivity index (χ4v) is 2.45. The van der Waals surface area contributed by atoms with Crippen molar-refractivity contribution in [3.8, 4) is 0 Å². The summed E-state index contributed by atoms with van der Waals surface area (Å²) in [5.41, 5.74) is -1.40. The van der Waals surface area contributed by atoms with Crippen LogP contribution in [0.3, 0.4) is 0 Å². The van der Waals surface area contributed by atoms with E-state index in [0.29, 0.717) is 18.7 Å². The minimum absolute atomic E-state index is 0.224. The number of nitrogens with zero attached hydrogens (tertiary/aromatic N) is 2. The number of halogens is 2. The summed E-state index contributed by atoms with van der Waals surface area (Å²) in [6.07, 6.45) is 1.54. The molecule has 1 aliphatic rings. The summed E-state index contributed by atoms with van der Waals surface area (Å²) in [5.74, 6) is -0.665. The third-order valence-electron chi connectivity index (χ3n) is 3.58. The highest BCUT2D eigenvalue weighted by Gasteiger charge is 2.37. The third-order valence-corrected chi connectivity index (χ3v) is 3.85. The van der Waals surface area contributed by atoms with Crippen molar-refractivity contribution < 1.29 is 19.0 Å². The van der Waals surface area contributed by atoms with Crippen molar-refractivity contribution in [2.75, 3.05) is 13.1 Å². The van der Waals surface area contributed by atoms with E-state index in [-0.39, 0.29) is 18.0 Å². The molecule has 2 rings (SSSR count). The van der Waals surface area contributed by atoms with Crippen LogP contribution >= 0.6 is 11.6 Å². The maximum Gasteiger partial charge on any atom is 0.410 e. The molecule has 1 fully saturated rings. The standard InChI is InChI=1S/C15H20ClFN2O3/c1-14(2,3)22-13(20)19-6-4-15(21,5-7-19)10-8-11(17)12(16)18-9-10/h8-9,21H,4-7H2,1-3H3. The second-order valence-electron chi connectivity index (χ2n) is 6.50. The number of piperidine rings is 1. The maximum absolute atomic E-state index is 13.5. The van der Waals surface area contributed by atoms with E-state index in [1.165, 1.54) is 12.3 Å². The number of amides is 1. The first-order chi connectivity index (χ1) is 10.1. The highest BCUT2D eigenvalue weighted by atomic mass is 35.5. The average molecular weight is 331 g/mol. The molecule has 0 saturated carbocycles. The number of likely N-dealkylation sites (tertiary alicyclic amines) is 1. The van der Waals surface area contributed by atoms with E-state index in [1.54, 1.807) is 25.7 Å². The van der Waals surface area contributed by atoms with Crippen molar-refractivity contribution in [3.63, 3.8) is 0 Å². The van der Waals surface area contributed by atoms with Gasteiger partial charge in [-0.1, -0.05) is 11.6 Å². The number of hydrogen-bond donors (Lipinski definition) is 1. The molecule has 7 heteroatoms. The van der Waals surface area contributed by atoms with E-state index in [9.17, 15) is 14.3 Å². The Morgan fingerprint density at radius 2 is 2.05 bits per heavy atom. The fraction of sp³-hybridized carbons (Fsp3) is 0.600. The molecular weight excluding hydrogens is 311 g/mol. The average Bonchev–Trinajstić information content (AvgIpc) is 2.40. The monoisotopic (exact) mass is 330 g/mol. The Bertz CT molecular complexity index is 566. The summed E-state index contributed by atoms with van der Waals surface area (Å²) in [4.78, 5) is 17.3. The number of aromatic nitrogens is 1. The Hall–Kier alpha value is -1.40. The van der Waals surface area contributed by atoms with Gasteiger partial charge >= 0.3 is 6.09 Å². The second kappa shape index (κ2) is 6.01. The van der Waals surface area contributed by atoms with Crippen molar-refractivity contribution in [2.24, 2.45) is 0 Å². The van der Waals surface area contributed by atoms with Crippen molar-refractivity contribution in [3.05, 3.63) is 28.8 Å². The van der Waals surface area contributed by atoms with Crippen LogP contribution in [0.15, 0.2) is 12.3 Å². The number of aliphatic hydroxyl groups is 1. The highest BCUT2D eigenvalue weighted by molar-refractivity contribution is 6.29. The van der Waals surface area contributed by atoms with Crippen LogP contribution in [0.2, 0.25) is 5.15 Å². The van der Waals surface area contributed by atoms with E-state index >= 15 is 0 Å². The molecule has 0 aliphatic carbocycles. The fourth-order valence-electron chi connectivity index (χ4n) is 2.35. The van der Waals surface area contributed by atoms with Gasteiger partial charge in [-0.2, -0.15) is 0 Å². The summed E-state index contributed by atoms with van der Waals surface area (Å²) < 4.78 is 18.8. The molecule has 0 radical (unpaired) electrons. The molecule has 1 saturated heterocycles. The molecule has 0 unspecified atom stereocenters. The van der Waals surface area contributed by atoms with Crippen molar-refractivity contribution in [1.29, 1.82) is 0 Å². The van der Waals surface area contributed by atoms with Crippen LogP contribution in [-0.2, 0) is 10.3 Å². The lowest BCUT2D eigenvalue weighted by Crippen LogP contribution is -2.46. The summed E-state index contributed by atoms with van der Waals surface area (Å²) in [6, 6.07) is 1.19. The lowest BCUT2D eigenvalue weighted by Gasteiger charge is -2.38. The zero-order valence-electron chi connectivity index (χ0n) is 12.9. The first-order valence-corrected chi connectivity index (χ1v) is 7.50. The number of carbonyl (C=O) groups is 1. The van der Waals surface area contributed by atoms with Gasteiger partial charge in [0.15, 0.2) is 11.0 Å². The van der Waals surface area contributed by atoms with Gasteiger partial charge in [-0.3, -0.25) is 0 Å². The minimum atomic E-state index is -1.21. The van der Waals surface area contributed by atoms with Crippen molar-refractivity contribution in [2.45, 2.75) is 44.8 Å². The van der Waals surface area contributed by atoms with Crippen molar-refractivity contribution >= 4 is 17.7 Å². The van der Waals surface area contributed by atoms with Crippen LogP contribution in [0.25, 0.3) is 0 Å². The quantitative estimate of drug-likeness (QED) is 0.804. The Morgan fingerprint density at radius 1 is 1.45 bits per heavy atom. The zero-order chi connectivity index (χ0) is 16.5. The second-order valence-corrected chi connectivity index (χ2v) is 6.85. The van der Waals surface area contributed by atoms with Gasteiger partial charge in [-0.05, 0) is 39.7 Å². The minimum Gasteiger partial charge on any atom is -0.444 e. The third kappa shape index (κ3) is 3.87. The molecule has 2 heterocycles. The number of ether oxygens (including phenoxy) is 1. The van der Waals surface area contributed by atoms with E-state index in [4.69, 9.17) is 16.3 Å². The summed E-state index contributed by atoms with van der Waals surface area (Å²) >= 11 is 5.55. The molecule has 122 valence electrons. The predicted molar refractivity (Wildman–Crippen MR) is 80.1 cm³/mol. The molecule has 0 bridgehead atoms. The first kappa shape index (κ1) is 17.0. The molecule has 22 heavy (non-hydrogen) atoms. The zero-order valence-corrected chi connectivity index (χ0v) is 13.7. The maximum atomic E-state index is 13.5. The first-order valence-electron chi connectivity index (χ1n) is 7.12. The van der Waals surface area contributed by atoms with Crippen LogP contribution in [0, 0.1) is 5.82 Å². The van der Waals surface area contributed by atoms with Gasteiger partial charge in [0.1, 0.15) is 5.60 Å². The number of carbonyl (C=O) groups excluding carboxylic acids is 1. The van der Waals surface area contributed by atoms with Gasteiger partial charge in [-0.25, -0.2) is 14.2 Å². The number of hydrogen-bond acceptors (Lipinski definition) is 4. The van der Waals surface area contributed by atoms with Gasteiger partial charge in [0.25, 0.3) is 0 Å². The van der Waals surface area contributed by atoms with Crippen molar-refractivity contribution in [1.82, 2.24) is 9.88 Å². The topological polar surface area (TPSA) is 62.7 Å². The van der Waals surface area contributed by atoms with E-state index < -0.39 is 23.1 Å². The van der Waals surface area contributed by atoms with Crippen LogP contribution in [0.4, 0.5) is 9.18 Å². The lowest BCUT2D eigenvalue weighted by molar-refractivity contribution is -0.0359. The Morgan fingerprint density at radius 3 is 2.55 bits per heavy atom. The summed E-state index contributed by atoms with van der Waals surface area (Å²) in [6.45, 7) is 6.05. The number of rotatable bonds is 1. The molecule has 1 amide bonds. The Kier molecular flexibility index (Phi) is 4.63. The van der Waals surface area contributed by atoms with Crippen LogP contribution in [0.5, 0.6) is 0 Å². The smallest absolute Gasteiger partial charge is 0.410 e. The SMILES string of the molecule is CC(C)(C)OC(=O)N1CCC(O)(c2cnc(Cl)c(F)c2)CC1. The Balaban J connectivity index is 2.04. The van der Waals surface area contributed by atoms with Crippen LogP contribution < -0.4 is 0 Å². The Labute approximate surface area is 134 Å². The number of pyridine rings is 1. The van der Waals surface area contributed by atoms with E-state index in [2.05, 4.69) is 4.98 Å². The van der Waals surface area contributed by atoms with Gasteiger partial charge in [0.2, 0.25) is 0 Å². The molecule has 5 nitrogen and oxygen atoms in total. The summed E-state index contributed by atoms with van der Waals surface area (Å²) in [5, 5.41) is 10.4. The molecule has 1 aromatic heterocycles. The molecule has 1 aromatic rings. The highest BCUT2D eigenvalue weighted by Crippen LogP contribution is 2.33. The van der Waals surface area contributed by atoms with Gasteiger partial charge in [0.05, 0.1) is 5.60 Å². The van der Waals surface area contributed by atoms with Gasteiger partial charge in [0, 0.05) is 24.8 Å². The summed E-state index contributed by atoms with van der Waals surface area (Å²) in [7, 11) is 0. The van der Waals surface area contributed by atoms with Gasteiger partial charge < -0.3 is 14.7 Å². The van der Waals surface area contributed by atoms with E-state index in [1.807, 2.05) is 0 Å². The molecule has 0 aromatic carbocycles. The molecule has 1 N–H and O–H groups in total. The largest absolute Gasteiger partial charge is 0.444 e. The molecule has 0 atom stereocenters. The molecule has 0 spiro atoms. The van der Waals surface area contributed by atoms with Crippen LogP contribution in [-0.4, -0.2) is 39.8 Å². The van der Waals surface area contributed by atoms with E-state index in [0.717, 1.165) is 0 Å². The molecular formula is C15H20ClFN2O3. The molecule has 1 aliphatic heterocycles. The normalized spacial score (nSPS) is 18.2. The van der Waals surface area contributed by atoms with Crippen LogP contribution in [0.1, 0.15) is 39.2 Å². The lowest BCUT2D eigenvalue weighted by atomic mass is 9.85.